The number of aryl methyl sites for hydroxylation is 2. The van der Waals surface area contributed by atoms with E-state index in [0.29, 0.717) is 11.4 Å². The van der Waals surface area contributed by atoms with Gasteiger partial charge in [-0.05, 0) is 68.8 Å². The normalized spacial score (nSPS) is 12.0. The molecule has 7 nitrogen and oxygen atoms in total. The fourth-order valence-electron chi connectivity index (χ4n) is 3.97. The molecule has 37 heavy (non-hydrogen) atoms. The molecule has 3 N–H and O–H groups in total. The van der Waals surface area contributed by atoms with E-state index < -0.39 is 30.1 Å². The minimum absolute atomic E-state index is 0.116. The SMILES string of the molecule is CCC(F)(F)c1cccc(NC(=O)C(C(C)=N)C(=O)Nc2ccc(OC)c(-c3cc(C)nc(C)c3)c2)c1. The van der Waals surface area contributed by atoms with Crippen molar-refractivity contribution >= 4 is 28.9 Å². The topological polar surface area (TPSA) is 104 Å². The Bertz CT molecular complexity index is 1320. The van der Waals surface area contributed by atoms with E-state index in [2.05, 4.69) is 15.6 Å². The number of anilines is 2. The Morgan fingerprint density at radius 3 is 2.14 bits per heavy atom. The molecule has 194 valence electrons. The first-order valence-electron chi connectivity index (χ1n) is 11.7. The number of nitrogens with zero attached hydrogens (tertiary/aromatic N) is 1. The van der Waals surface area contributed by atoms with Gasteiger partial charge in [0.1, 0.15) is 5.75 Å². The summed E-state index contributed by atoms with van der Waals surface area (Å²) < 4.78 is 33.7. The van der Waals surface area contributed by atoms with Crippen LogP contribution in [0.5, 0.6) is 5.75 Å². The molecule has 0 bridgehead atoms. The molecule has 0 radical (unpaired) electrons. The average Bonchev–Trinajstić information content (AvgIpc) is 2.83. The molecule has 0 spiro atoms. The van der Waals surface area contributed by atoms with Gasteiger partial charge < -0.3 is 20.8 Å². The number of carbonyl (C=O) groups excluding carboxylic acids is 2. The summed E-state index contributed by atoms with van der Waals surface area (Å²) in [6, 6.07) is 14.1. The van der Waals surface area contributed by atoms with Crippen molar-refractivity contribution in [2.45, 2.75) is 40.0 Å². The molecule has 1 heterocycles. The molecule has 1 unspecified atom stereocenters. The zero-order chi connectivity index (χ0) is 27.3. The number of ether oxygens (including phenoxy) is 1. The highest BCUT2D eigenvalue weighted by Gasteiger charge is 2.31. The lowest BCUT2D eigenvalue weighted by Crippen LogP contribution is -2.38. The Kier molecular flexibility index (Phi) is 8.37. The van der Waals surface area contributed by atoms with Gasteiger partial charge in [0.15, 0.2) is 5.92 Å². The standard InChI is InChI=1S/C28H30F2N4O3/c1-6-28(29,30)20-8-7-9-21(14-20)33-26(35)25(18(4)31)27(36)34-22-10-11-24(37-5)23(15-22)19-12-16(2)32-17(3)13-19/h7-15,25,31H,6H2,1-5H3,(H,33,35)(H,34,36). The van der Waals surface area contributed by atoms with Gasteiger partial charge in [-0.2, -0.15) is 0 Å². The lowest BCUT2D eigenvalue weighted by atomic mass is 10.0. The fraction of sp³-hybridized carbons (Fsp3) is 0.286. The highest BCUT2D eigenvalue weighted by Crippen LogP contribution is 2.34. The van der Waals surface area contributed by atoms with E-state index in [1.807, 2.05) is 26.0 Å². The third-order valence-electron chi connectivity index (χ3n) is 5.81. The molecular formula is C28H30F2N4O3. The lowest BCUT2D eigenvalue weighted by molar-refractivity contribution is -0.126. The zero-order valence-corrected chi connectivity index (χ0v) is 21.4. The molecule has 9 heteroatoms. The molecular weight excluding hydrogens is 478 g/mol. The number of alkyl halides is 2. The van der Waals surface area contributed by atoms with Crippen molar-refractivity contribution in [1.82, 2.24) is 4.98 Å². The number of halogens is 2. The van der Waals surface area contributed by atoms with Gasteiger partial charge >= 0.3 is 0 Å². The zero-order valence-electron chi connectivity index (χ0n) is 21.4. The third-order valence-corrected chi connectivity index (χ3v) is 5.81. The maximum absolute atomic E-state index is 14.1. The summed E-state index contributed by atoms with van der Waals surface area (Å²) in [5, 5.41) is 13.2. The van der Waals surface area contributed by atoms with Crippen LogP contribution < -0.4 is 15.4 Å². The van der Waals surface area contributed by atoms with E-state index in [9.17, 15) is 18.4 Å². The Hall–Kier alpha value is -4.14. The number of benzene rings is 2. The lowest BCUT2D eigenvalue weighted by Gasteiger charge is -2.18. The first-order valence-corrected chi connectivity index (χ1v) is 11.7. The maximum Gasteiger partial charge on any atom is 0.273 e. The summed E-state index contributed by atoms with van der Waals surface area (Å²) in [6.07, 6.45) is -0.391. The summed E-state index contributed by atoms with van der Waals surface area (Å²) in [5.74, 6) is -5.45. The van der Waals surface area contributed by atoms with Gasteiger partial charge in [-0.15, -0.1) is 0 Å². The Morgan fingerprint density at radius 1 is 1.00 bits per heavy atom. The summed E-state index contributed by atoms with van der Waals surface area (Å²) in [4.78, 5) is 30.4. The molecule has 3 rings (SSSR count). The van der Waals surface area contributed by atoms with Crippen LogP contribution in [0, 0.1) is 25.2 Å². The number of amides is 2. The van der Waals surface area contributed by atoms with Gasteiger partial charge in [-0.3, -0.25) is 14.6 Å². The van der Waals surface area contributed by atoms with Gasteiger partial charge in [-0.25, -0.2) is 8.78 Å². The number of rotatable bonds is 9. The minimum Gasteiger partial charge on any atom is -0.496 e. The Balaban J connectivity index is 1.85. The van der Waals surface area contributed by atoms with Gasteiger partial charge in [0.25, 0.3) is 5.92 Å². The van der Waals surface area contributed by atoms with Crippen LogP contribution in [0.2, 0.25) is 0 Å². The smallest absolute Gasteiger partial charge is 0.273 e. The number of carbonyl (C=O) groups is 2. The van der Waals surface area contributed by atoms with Crippen LogP contribution in [0.3, 0.4) is 0 Å². The molecule has 1 atom stereocenters. The molecule has 0 saturated heterocycles. The highest BCUT2D eigenvalue weighted by molar-refractivity contribution is 6.24. The van der Waals surface area contributed by atoms with Gasteiger partial charge in [0.05, 0.1) is 7.11 Å². The molecule has 0 aliphatic heterocycles. The molecule has 2 aromatic carbocycles. The van der Waals surface area contributed by atoms with Crippen LogP contribution in [0.1, 0.15) is 37.2 Å². The van der Waals surface area contributed by atoms with Crippen molar-refractivity contribution in [1.29, 1.82) is 5.41 Å². The number of hydrogen-bond donors (Lipinski definition) is 3. The summed E-state index contributed by atoms with van der Waals surface area (Å²) >= 11 is 0. The quantitative estimate of drug-likeness (QED) is 0.240. The summed E-state index contributed by atoms with van der Waals surface area (Å²) in [5.41, 5.74) is 3.29. The van der Waals surface area contributed by atoms with E-state index in [0.717, 1.165) is 22.5 Å². The average molecular weight is 509 g/mol. The van der Waals surface area contributed by atoms with Crippen LogP contribution in [0.4, 0.5) is 20.2 Å². The Morgan fingerprint density at radius 2 is 1.59 bits per heavy atom. The minimum atomic E-state index is -3.05. The molecule has 3 aromatic rings. The van der Waals surface area contributed by atoms with Gasteiger partial charge in [0, 0.05) is 46.0 Å². The summed E-state index contributed by atoms with van der Waals surface area (Å²) in [6.45, 7) is 6.46. The second-order valence-corrected chi connectivity index (χ2v) is 8.79. The Labute approximate surface area is 214 Å². The highest BCUT2D eigenvalue weighted by atomic mass is 19.3. The van der Waals surface area contributed by atoms with E-state index in [1.165, 1.54) is 38.1 Å². The van der Waals surface area contributed by atoms with E-state index >= 15 is 0 Å². The molecule has 0 aliphatic carbocycles. The van der Waals surface area contributed by atoms with Crippen LogP contribution in [0.15, 0.2) is 54.6 Å². The summed E-state index contributed by atoms with van der Waals surface area (Å²) in [7, 11) is 1.54. The number of hydrogen-bond acceptors (Lipinski definition) is 5. The van der Waals surface area contributed by atoms with Crippen molar-refractivity contribution in [2.24, 2.45) is 5.92 Å². The van der Waals surface area contributed by atoms with Crippen LogP contribution in [-0.4, -0.2) is 29.6 Å². The fourth-order valence-corrected chi connectivity index (χ4v) is 3.97. The predicted molar refractivity (Wildman–Crippen MR) is 140 cm³/mol. The molecule has 0 fully saturated rings. The first-order chi connectivity index (χ1) is 17.4. The molecule has 0 aliphatic rings. The number of aromatic nitrogens is 1. The van der Waals surface area contributed by atoms with Crippen LogP contribution in [-0.2, 0) is 15.5 Å². The molecule has 0 saturated carbocycles. The largest absolute Gasteiger partial charge is 0.496 e. The third kappa shape index (κ3) is 6.55. The van der Waals surface area contributed by atoms with E-state index in [4.69, 9.17) is 10.1 Å². The second kappa shape index (κ2) is 11.3. The first kappa shape index (κ1) is 27.4. The number of methoxy groups -OCH3 is 1. The van der Waals surface area contributed by atoms with Gasteiger partial charge in [-0.1, -0.05) is 19.1 Å². The predicted octanol–water partition coefficient (Wildman–Crippen LogP) is 6.11. The monoisotopic (exact) mass is 508 g/mol. The van der Waals surface area contributed by atoms with Crippen molar-refractivity contribution in [3.8, 4) is 16.9 Å². The van der Waals surface area contributed by atoms with E-state index in [1.54, 1.807) is 25.3 Å². The molecule has 1 aromatic heterocycles. The van der Waals surface area contributed by atoms with Crippen molar-refractivity contribution in [3.63, 3.8) is 0 Å². The number of nitrogens with one attached hydrogen (secondary N) is 3. The van der Waals surface area contributed by atoms with Crippen LogP contribution >= 0.6 is 0 Å². The number of pyridine rings is 1. The second-order valence-electron chi connectivity index (χ2n) is 8.79. The van der Waals surface area contributed by atoms with Crippen LogP contribution in [0.25, 0.3) is 11.1 Å². The van der Waals surface area contributed by atoms with Gasteiger partial charge in [0.2, 0.25) is 11.8 Å². The van der Waals surface area contributed by atoms with E-state index in [-0.39, 0.29) is 17.0 Å². The van der Waals surface area contributed by atoms with Crippen molar-refractivity contribution in [3.05, 3.63) is 71.5 Å². The van der Waals surface area contributed by atoms with Crippen molar-refractivity contribution in [2.75, 3.05) is 17.7 Å². The maximum atomic E-state index is 14.1. The van der Waals surface area contributed by atoms with Crippen molar-refractivity contribution < 1.29 is 23.1 Å². The molecule has 2 amide bonds.